The number of aromatic amines is 1. The summed E-state index contributed by atoms with van der Waals surface area (Å²) in [6.45, 7) is 2.88. The third kappa shape index (κ3) is 5.88. The van der Waals surface area contributed by atoms with E-state index in [0.29, 0.717) is 35.1 Å². The minimum atomic E-state index is -4.62. The fourth-order valence-corrected chi connectivity index (χ4v) is 6.26. The molecule has 14 heteroatoms. The SMILES string of the molecule is COC(=O)C1=C(C)N(c2cccc(C(F)(F)F)c2)c2n[nH]c(=O)n2C1c1ccc(C#N)cc1CC[N+](C)(C)Cc1nccs1. The third-order valence-electron chi connectivity index (χ3n) is 7.58. The van der Waals surface area contributed by atoms with Gasteiger partial charge in [0.15, 0.2) is 0 Å². The van der Waals surface area contributed by atoms with Crippen molar-refractivity contribution < 1.29 is 27.2 Å². The molecule has 0 aliphatic carbocycles. The second-order valence-corrected chi connectivity index (χ2v) is 12.0. The van der Waals surface area contributed by atoms with Gasteiger partial charge in [0.05, 0.1) is 50.5 Å². The van der Waals surface area contributed by atoms with E-state index in [0.717, 1.165) is 22.7 Å². The maximum atomic E-state index is 13.6. The first-order chi connectivity index (χ1) is 20.8. The van der Waals surface area contributed by atoms with Crippen LogP contribution in [0.1, 0.15) is 40.2 Å². The van der Waals surface area contributed by atoms with E-state index in [2.05, 4.69) is 35.3 Å². The number of alkyl halides is 3. The van der Waals surface area contributed by atoms with Crippen LogP contribution in [-0.2, 0) is 28.7 Å². The van der Waals surface area contributed by atoms with Gasteiger partial charge >= 0.3 is 17.8 Å². The summed E-state index contributed by atoms with van der Waals surface area (Å²) in [6.07, 6.45) is -2.39. The summed E-state index contributed by atoms with van der Waals surface area (Å²) in [4.78, 5) is 32.5. The fraction of sp³-hybridized carbons (Fsp3) is 0.300. The van der Waals surface area contributed by atoms with Gasteiger partial charge in [0.25, 0.3) is 0 Å². The Balaban J connectivity index is 1.66. The largest absolute Gasteiger partial charge is 0.466 e. The summed E-state index contributed by atoms with van der Waals surface area (Å²) in [6, 6.07) is 10.7. The molecule has 0 fully saturated rings. The summed E-state index contributed by atoms with van der Waals surface area (Å²) >= 11 is 1.56. The van der Waals surface area contributed by atoms with Crippen molar-refractivity contribution in [3.05, 3.63) is 103 Å². The molecular weight excluding hydrogens is 595 g/mol. The molecule has 44 heavy (non-hydrogen) atoms. The summed E-state index contributed by atoms with van der Waals surface area (Å²) < 4.78 is 47.9. The number of rotatable bonds is 8. The van der Waals surface area contributed by atoms with Crippen LogP contribution in [0.3, 0.4) is 0 Å². The molecule has 4 aromatic rings. The van der Waals surface area contributed by atoms with Crippen LogP contribution in [0.25, 0.3) is 0 Å². The van der Waals surface area contributed by atoms with Crippen LogP contribution in [0.2, 0.25) is 0 Å². The number of nitrogens with one attached hydrogen (secondary N) is 1. The second kappa shape index (κ2) is 11.7. The van der Waals surface area contributed by atoms with Crippen LogP contribution < -0.4 is 10.6 Å². The molecule has 10 nitrogen and oxygen atoms in total. The molecule has 0 radical (unpaired) electrons. The molecule has 228 valence electrons. The molecule has 1 unspecified atom stereocenters. The highest BCUT2D eigenvalue weighted by molar-refractivity contribution is 7.09. The number of esters is 1. The summed E-state index contributed by atoms with van der Waals surface area (Å²) in [5.74, 6) is -0.766. The zero-order valence-electron chi connectivity index (χ0n) is 24.3. The Morgan fingerprint density at radius 2 is 2.00 bits per heavy atom. The van der Waals surface area contributed by atoms with E-state index in [9.17, 15) is 28.0 Å². The molecule has 1 N–H and O–H groups in total. The highest BCUT2D eigenvalue weighted by atomic mass is 32.1. The van der Waals surface area contributed by atoms with Crippen molar-refractivity contribution in [2.24, 2.45) is 0 Å². The van der Waals surface area contributed by atoms with Crippen molar-refractivity contribution in [2.45, 2.75) is 32.1 Å². The molecule has 1 atom stereocenters. The number of nitrogens with zero attached hydrogens (tertiary/aromatic N) is 6. The highest BCUT2D eigenvalue weighted by Crippen LogP contribution is 2.43. The highest BCUT2D eigenvalue weighted by Gasteiger charge is 2.41. The average molecular weight is 625 g/mol. The number of allylic oxidation sites excluding steroid dienone is 1. The van der Waals surface area contributed by atoms with Gasteiger partial charge in [0.1, 0.15) is 17.6 Å². The lowest BCUT2D eigenvalue weighted by atomic mass is 9.89. The van der Waals surface area contributed by atoms with Crippen molar-refractivity contribution in [2.75, 3.05) is 32.6 Å². The van der Waals surface area contributed by atoms with E-state index < -0.39 is 29.4 Å². The topological polar surface area (TPSA) is 117 Å². The number of methoxy groups -OCH3 is 1. The summed E-state index contributed by atoms with van der Waals surface area (Å²) in [5, 5.41) is 19.1. The van der Waals surface area contributed by atoms with E-state index in [1.807, 2.05) is 5.38 Å². The normalized spacial score (nSPS) is 15.2. The number of benzene rings is 2. The number of thiazole rings is 1. The number of ether oxygens (including phenoxy) is 1. The number of quaternary nitrogens is 1. The molecule has 3 heterocycles. The summed E-state index contributed by atoms with van der Waals surface area (Å²) in [7, 11) is 5.32. The second-order valence-electron chi connectivity index (χ2n) is 11.0. The number of hydrogen-bond donors (Lipinski definition) is 1. The number of hydrogen-bond acceptors (Lipinski definition) is 8. The van der Waals surface area contributed by atoms with E-state index in [1.165, 1.54) is 28.7 Å². The summed E-state index contributed by atoms with van der Waals surface area (Å²) in [5.41, 5.74) is 0.444. The molecule has 1 aliphatic rings. The Kier molecular flexibility index (Phi) is 8.19. The van der Waals surface area contributed by atoms with Gasteiger partial charge in [0, 0.05) is 29.4 Å². The molecule has 0 bridgehead atoms. The Hall–Kier alpha value is -4.74. The third-order valence-corrected chi connectivity index (χ3v) is 8.34. The Morgan fingerprint density at radius 1 is 1.23 bits per heavy atom. The van der Waals surface area contributed by atoms with E-state index >= 15 is 0 Å². The van der Waals surface area contributed by atoms with E-state index in [1.54, 1.807) is 42.7 Å². The zero-order valence-corrected chi connectivity index (χ0v) is 25.2. The molecule has 0 amide bonds. The molecular formula is C30H29F3N7O3S+. The van der Waals surface area contributed by atoms with Gasteiger partial charge in [-0.15, -0.1) is 16.4 Å². The predicted octanol–water partition coefficient (Wildman–Crippen LogP) is 4.93. The number of carbonyl (C=O) groups excluding carboxylic acids is 1. The molecule has 1 aliphatic heterocycles. The number of likely N-dealkylation sites (N-methyl/N-ethyl adjacent to an activating group) is 1. The van der Waals surface area contributed by atoms with Crippen molar-refractivity contribution in [1.82, 2.24) is 19.7 Å². The molecule has 0 saturated carbocycles. The Bertz CT molecular complexity index is 1830. The van der Waals surface area contributed by atoms with Gasteiger partial charge in [-0.2, -0.15) is 18.4 Å². The van der Waals surface area contributed by atoms with Gasteiger partial charge in [-0.3, -0.25) is 4.90 Å². The van der Waals surface area contributed by atoms with Crippen molar-refractivity contribution >= 4 is 28.9 Å². The average Bonchev–Trinajstić information content (AvgIpc) is 3.63. The fourth-order valence-electron chi connectivity index (χ4n) is 5.44. The Morgan fingerprint density at radius 3 is 2.66 bits per heavy atom. The number of carbonyl (C=O) groups is 1. The van der Waals surface area contributed by atoms with Crippen molar-refractivity contribution in [1.29, 1.82) is 5.26 Å². The molecule has 2 aromatic carbocycles. The van der Waals surface area contributed by atoms with Crippen LogP contribution in [0.5, 0.6) is 0 Å². The number of H-pyrrole nitrogens is 1. The lowest BCUT2D eigenvalue weighted by molar-refractivity contribution is -0.903. The van der Waals surface area contributed by atoms with Gasteiger partial charge in [-0.05, 0) is 48.4 Å². The van der Waals surface area contributed by atoms with E-state index in [4.69, 9.17) is 4.74 Å². The maximum Gasteiger partial charge on any atom is 0.416 e. The van der Waals surface area contributed by atoms with Crippen molar-refractivity contribution in [3.8, 4) is 6.07 Å². The smallest absolute Gasteiger partial charge is 0.416 e. The molecule has 0 spiro atoms. The van der Waals surface area contributed by atoms with Crippen molar-refractivity contribution in [3.63, 3.8) is 0 Å². The standard InChI is InChI=1S/C30H28F3N7O3S/c1-18-25(27(41)43-4)26(39-28(36-37-29(39)42)38(18)22-7-5-6-21(15-22)30(31,32)33)23-9-8-19(16-34)14-20(23)10-12-40(2,3)17-24-35-11-13-44-24/h5-9,11,13-15,26H,10,12,17H2,1-4H3/p+1. The quantitative estimate of drug-likeness (QED) is 0.218. The first-order valence-electron chi connectivity index (χ1n) is 13.5. The molecule has 2 aromatic heterocycles. The maximum absolute atomic E-state index is 13.6. The predicted molar refractivity (Wildman–Crippen MR) is 157 cm³/mol. The van der Waals surface area contributed by atoms with Crippen LogP contribution >= 0.6 is 11.3 Å². The first kappa shape index (κ1) is 30.7. The monoisotopic (exact) mass is 624 g/mol. The zero-order chi connectivity index (χ0) is 31.8. The number of anilines is 2. The van der Waals surface area contributed by atoms with Crippen LogP contribution in [0, 0.1) is 11.3 Å². The van der Waals surface area contributed by atoms with Gasteiger partial charge in [-0.1, -0.05) is 12.1 Å². The number of fused-ring (bicyclic) bond motifs is 1. The number of halogens is 3. The number of nitriles is 1. The molecule has 5 rings (SSSR count). The minimum Gasteiger partial charge on any atom is -0.466 e. The van der Waals surface area contributed by atoms with E-state index in [-0.39, 0.29) is 22.9 Å². The molecule has 0 saturated heterocycles. The lowest BCUT2D eigenvalue weighted by Gasteiger charge is -2.36. The number of aromatic nitrogens is 4. The van der Waals surface area contributed by atoms with Gasteiger partial charge in [-0.25, -0.2) is 24.2 Å². The van der Waals surface area contributed by atoms with Crippen LogP contribution in [0.4, 0.5) is 24.8 Å². The van der Waals surface area contributed by atoms with Gasteiger partial charge < -0.3 is 9.22 Å². The van der Waals surface area contributed by atoms with Crippen LogP contribution in [-0.4, -0.2) is 58.0 Å². The lowest BCUT2D eigenvalue weighted by Crippen LogP contribution is -2.41. The van der Waals surface area contributed by atoms with Gasteiger partial charge in [0.2, 0.25) is 5.95 Å². The minimum absolute atomic E-state index is 0.000307. The Labute approximate surface area is 254 Å². The van der Waals surface area contributed by atoms with Crippen LogP contribution in [0.15, 0.2) is 70.1 Å². The first-order valence-corrected chi connectivity index (χ1v) is 14.4.